The summed E-state index contributed by atoms with van der Waals surface area (Å²) in [4.78, 5) is 12.1. The maximum absolute atomic E-state index is 12.1. The van der Waals surface area contributed by atoms with Gasteiger partial charge in [0.1, 0.15) is 11.6 Å². The van der Waals surface area contributed by atoms with Crippen molar-refractivity contribution in [2.45, 2.75) is 20.3 Å². The van der Waals surface area contributed by atoms with Gasteiger partial charge in [-0.1, -0.05) is 30.1 Å². The van der Waals surface area contributed by atoms with Crippen molar-refractivity contribution in [1.29, 1.82) is 0 Å². The molecule has 0 spiro atoms. The van der Waals surface area contributed by atoms with Gasteiger partial charge in [0.2, 0.25) is 5.13 Å². The first kappa shape index (κ1) is 15.2. The van der Waals surface area contributed by atoms with Crippen LogP contribution in [0.5, 0.6) is 0 Å². The van der Waals surface area contributed by atoms with E-state index in [0.717, 1.165) is 22.6 Å². The molecule has 1 aromatic heterocycles. The van der Waals surface area contributed by atoms with E-state index in [1.54, 1.807) is 18.2 Å². The van der Waals surface area contributed by atoms with E-state index in [9.17, 15) is 4.79 Å². The molecule has 0 saturated carbocycles. The number of carbonyl (C=O) groups excluding carboxylic acids is 1. The number of aryl methyl sites for hydroxylation is 2. The van der Waals surface area contributed by atoms with E-state index in [2.05, 4.69) is 27.4 Å². The molecule has 2 N–H and O–H groups in total. The average Bonchev–Trinajstić information content (AvgIpc) is 2.93. The molecular formula is C15H15N3O2S. The lowest BCUT2D eigenvalue weighted by Gasteiger charge is -2.04. The first-order valence-electron chi connectivity index (χ1n) is 6.48. The van der Waals surface area contributed by atoms with Crippen LogP contribution < -0.4 is 5.32 Å². The van der Waals surface area contributed by atoms with Gasteiger partial charge in [0.15, 0.2) is 0 Å². The van der Waals surface area contributed by atoms with Gasteiger partial charge in [0.25, 0.3) is 5.91 Å². The van der Waals surface area contributed by atoms with Gasteiger partial charge < -0.3 is 5.11 Å². The molecule has 0 atom stereocenters. The van der Waals surface area contributed by atoms with Crippen molar-refractivity contribution in [2.75, 3.05) is 11.9 Å². The summed E-state index contributed by atoms with van der Waals surface area (Å²) < 4.78 is 0. The first-order valence-corrected chi connectivity index (χ1v) is 7.29. The predicted molar refractivity (Wildman–Crippen MR) is 82.4 cm³/mol. The molecule has 1 aromatic carbocycles. The van der Waals surface area contributed by atoms with Crippen molar-refractivity contribution in [3.05, 3.63) is 39.9 Å². The lowest BCUT2D eigenvalue weighted by molar-refractivity contribution is 0.102. The molecule has 1 amide bonds. The summed E-state index contributed by atoms with van der Waals surface area (Å²) in [6.45, 7) is 3.68. The van der Waals surface area contributed by atoms with Gasteiger partial charge in [-0.15, -0.1) is 10.2 Å². The fourth-order valence-electron chi connectivity index (χ4n) is 1.70. The number of carbonyl (C=O) groups is 1. The fourth-order valence-corrected chi connectivity index (χ4v) is 2.37. The highest BCUT2D eigenvalue weighted by molar-refractivity contribution is 7.15. The number of hydrogen-bond acceptors (Lipinski definition) is 5. The molecule has 5 nitrogen and oxygen atoms in total. The summed E-state index contributed by atoms with van der Waals surface area (Å²) in [5.74, 6) is 5.21. The maximum Gasteiger partial charge on any atom is 0.257 e. The molecule has 6 heteroatoms. The molecule has 0 aliphatic heterocycles. The van der Waals surface area contributed by atoms with Crippen molar-refractivity contribution in [3.63, 3.8) is 0 Å². The lowest BCUT2D eigenvalue weighted by atomic mass is 10.1. The van der Waals surface area contributed by atoms with E-state index in [-0.39, 0.29) is 12.5 Å². The van der Waals surface area contributed by atoms with Gasteiger partial charge >= 0.3 is 0 Å². The molecule has 1 heterocycles. The zero-order valence-electron chi connectivity index (χ0n) is 11.8. The smallest absolute Gasteiger partial charge is 0.257 e. The SMILES string of the molecule is CCc1nnc(NC(=O)c2ccc(C#CCO)c(C)c2)s1. The second-order valence-electron chi connectivity index (χ2n) is 4.30. The van der Waals surface area contributed by atoms with Crippen LogP contribution in [0.15, 0.2) is 18.2 Å². The Morgan fingerprint density at radius 1 is 1.43 bits per heavy atom. The van der Waals surface area contributed by atoms with Crippen molar-refractivity contribution in [3.8, 4) is 11.8 Å². The van der Waals surface area contributed by atoms with Crippen LogP contribution in [-0.2, 0) is 6.42 Å². The van der Waals surface area contributed by atoms with Gasteiger partial charge in [-0.2, -0.15) is 0 Å². The third-order valence-corrected chi connectivity index (χ3v) is 3.76. The number of aromatic nitrogens is 2. The standard InChI is InChI=1S/C15H15N3O2S/c1-3-13-17-18-15(21-13)16-14(20)12-7-6-11(5-4-8-19)10(2)9-12/h6-7,9,19H,3,8H2,1-2H3,(H,16,18,20). The van der Waals surface area contributed by atoms with Crippen LogP contribution in [0.2, 0.25) is 0 Å². The molecule has 108 valence electrons. The minimum absolute atomic E-state index is 0.182. The number of rotatable bonds is 3. The van der Waals surface area contributed by atoms with Crippen LogP contribution in [0, 0.1) is 18.8 Å². The van der Waals surface area contributed by atoms with E-state index < -0.39 is 0 Å². The highest BCUT2D eigenvalue weighted by Crippen LogP contribution is 2.17. The largest absolute Gasteiger partial charge is 0.384 e. The number of anilines is 1. The third-order valence-electron chi connectivity index (χ3n) is 2.78. The lowest BCUT2D eigenvalue weighted by Crippen LogP contribution is -2.12. The summed E-state index contributed by atoms with van der Waals surface area (Å²) in [6.07, 6.45) is 0.796. The molecule has 21 heavy (non-hydrogen) atoms. The normalized spacial score (nSPS) is 9.86. The number of nitrogens with zero attached hydrogens (tertiary/aromatic N) is 2. The van der Waals surface area contributed by atoms with Crippen LogP contribution in [0.1, 0.15) is 33.4 Å². The Balaban J connectivity index is 2.14. The monoisotopic (exact) mass is 301 g/mol. The zero-order chi connectivity index (χ0) is 15.2. The Hall–Kier alpha value is -2.23. The number of aliphatic hydroxyl groups is 1. The Labute approximate surface area is 127 Å². The highest BCUT2D eigenvalue weighted by Gasteiger charge is 2.10. The molecule has 0 fully saturated rings. The first-order chi connectivity index (χ1) is 10.1. The van der Waals surface area contributed by atoms with Crippen molar-refractivity contribution in [1.82, 2.24) is 10.2 Å². The maximum atomic E-state index is 12.1. The van der Waals surface area contributed by atoms with E-state index in [1.807, 2.05) is 13.8 Å². The topological polar surface area (TPSA) is 75.1 Å². The Morgan fingerprint density at radius 2 is 2.24 bits per heavy atom. The summed E-state index contributed by atoms with van der Waals surface area (Å²) in [5, 5.41) is 20.7. The van der Waals surface area contributed by atoms with E-state index in [1.165, 1.54) is 11.3 Å². The van der Waals surface area contributed by atoms with Crippen LogP contribution in [0.4, 0.5) is 5.13 Å². The van der Waals surface area contributed by atoms with Gasteiger partial charge in [-0.05, 0) is 37.1 Å². The number of benzene rings is 1. The molecule has 0 aliphatic rings. The molecule has 0 unspecified atom stereocenters. The minimum Gasteiger partial charge on any atom is -0.384 e. The number of nitrogens with one attached hydrogen (secondary N) is 1. The second-order valence-corrected chi connectivity index (χ2v) is 5.36. The van der Waals surface area contributed by atoms with E-state index >= 15 is 0 Å². The van der Waals surface area contributed by atoms with Crippen molar-refractivity contribution < 1.29 is 9.90 Å². The number of amides is 1. The summed E-state index contributed by atoms with van der Waals surface area (Å²) >= 11 is 1.37. The number of hydrogen-bond donors (Lipinski definition) is 2. The van der Waals surface area contributed by atoms with Gasteiger partial charge in [0, 0.05) is 11.1 Å². The Morgan fingerprint density at radius 3 is 2.86 bits per heavy atom. The quantitative estimate of drug-likeness (QED) is 0.850. The Bertz CT molecular complexity index is 713. The molecule has 0 saturated heterocycles. The molecule has 2 aromatic rings. The van der Waals surface area contributed by atoms with Gasteiger partial charge in [0.05, 0.1) is 0 Å². The van der Waals surface area contributed by atoms with Crippen LogP contribution in [0.25, 0.3) is 0 Å². The van der Waals surface area contributed by atoms with E-state index in [0.29, 0.717) is 10.7 Å². The molecular weight excluding hydrogens is 286 g/mol. The van der Waals surface area contributed by atoms with Crippen molar-refractivity contribution in [2.24, 2.45) is 0 Å². The minimum atomic E-state index is -0.224. The van der Waals surface area contributed by atoms with E-state index in [4.69, 9.17) is 5.11 Å². The Kier molecular flexibility index (Phi) is 5.04. The van der Waals surface area contributed by atoms with Crippen LogP contribution in [-0.4, -0.2) is 27.8 Å². The highest BCUT2D eigenvalue weighted by atomic mass is 32.1. The molecule has 0 bridgehead atoms. The summed E-state index contributed by atoms with van der Waals surface area (Å²) in [7, 11) is 0. The fraction of sp³-hybridized carbons (Fsp3) is 0.267. The second kappa shape index (κ2) is 6.97. The molecule has 0 aliphatic carbocycles. The van der Waals surface area contributed by atoms with Crippen LogP contribution >= 0.6 is 11.3 Å². The van der Waals surface area contributed by atoms with Crippen LogP contribution in [0.3, 0.4) is 0 Å². The predicted octanol–water partition coefficient (Wildman–Crippen LogP) is 2.01. The third kappa shape index (κ3) is 3.88. The average molecular weight is 301 g/mol. The zero-order valence-corrected chi connectivity index (χ0v) is 12.6. The number of aliphatic hydroxyl groups excluding tert-OH is 1. The summed E-state index contributed by atoms with van der Waals surface area (Å²) in [5.41, 5.74) is 2.22. The van der Waals surface area contributed by atoms with Crippen molar-refractivity contribution >= 4 is 22.4 Å². The van der Waals surface area contributed by atoms with Gasteiger partial charge in [-0.25, -0.2) is 0 Å². The van der Waals surface area contributed by atoms with Gasteiger partial charge in [-0.3, -0.25) is 10.1 Å². The molecule has 0 radical (unpaired) electrons. The summed E-state index contributed by atoms with van der Waals surface area (Å²) in [6, 6.07) is 5.23. The molecule has 2 rings (SSSR count).